The Balaban J connectivity index is 2.17. The molecule has 2 aromatic rings. The van der Waals surface area contributed by atoms with Crippen LogP contribution in [0.15, 0.2) is 30.5 Å². The lowest BCUT2D eigenvalue weighted by Gasteiger charge is -2.15. The highest BCUT2D eigenvalue weighted by atomic mass is 16.2. The average molecular weight is 266 g/mol. The van der Waals surface area contributed by atoms with Crippen molar-refractivity contribution in [3.63, 3.8) is 0 Å². The Morgan fingerprint density at radius 1 is 1.15 bits per heavy atom. The molecule has 3 heteroatoms. The molecular weight excluding hydrogens is 248 g/mol. The van der Waals surface area contributed by atoms with Crippen molar-refractivity contribution < 1.29 is 4.79 Å². The van der Waals surface area contributed by atoms with Gasteiger partial charge in [0.15, 0.2) is 0 Å². The predicted molar refractivity (Wildman–Crippen MR) is 80.8 cm³/mol. The molecule has 1 aromatic carbocycles. The number of fused-ring (bicyclic) bond motifs is 1. The van der Waals surface area contributed by atoms with Crippen LogP contribution >= 0.6 is 0 Å². The van der Waals surface area contributed by atoms with Crippen molar-refractivity contribution in [3.05, 3.63) is 47.3 Å². The van der Waals surface area contributed by atoms with Gasteiger partial charge in [-0.15, -0.1) is 0 Å². The fourth-order valence-electron chi connectivity index (χ4n) is 2.88. The van der Waals surface area contributed by atoms with Crippen molar-refractivity contribution >= 4 is 11.6 Å². The number of aromatic nitrogens is 1. The van der Waals surface area contributed by atoms with Gasteiger partial charge in [-0.3, -0.25) is 9.78 Å². The molecular formula is C17H18N2O. The number of hydrogen-bond acceptors (Lipinski definition) is 2. The van der Waals surface area contributed by atoms with Crippen LogP contribution < -0.4 is 5.32 Å². The third kappa shape index (κ3) is 1.73. The Labute approximate surface area is 119 Å². The summed E-state index contributed by atoms with van der Waals surface area (Å²) in [4.78, 5) is 16.4. The van der Waals surface area contributed by atoms with Gasteiger partial charge < -0.3 is 5.32 Å². The molecule has 3 nitrogen and oxygen atoms in total. The Kier molecular flexibility index (Phi) is 2.68. The van der Waals surface area contributed by atoms with E-state index in [9.17, 15) is 4.79 Å². The summed E-state index contributed by atoms with van der Waals surface area (Å²) in [6.07, 6.45) is 1.83. The summed E-state index contributed by atoms with van der Waals surface area (Å²) in [5.74, 6) is 0.0595. The fraction of sp³-hybridized carbons (Fsp3) is 0.294. The van der Waals surface area contributed by atoms with E-state index in [1.807, 2.05) is 33.0 Å². The molecule has 0 bridgehead atoms. The standard InChI is InChI=1S/C17H18N2O/c1-10-7-8-18-11(2)15(10)12-5-6-13-14(9-12)19-16(20)17(13,3)4/h5-9H,1-4H3,(H,19,20). The van der Waals surface area contributed by atoms with Crippen LogP contribution in [0.4, 0.5) is 5.69 Å². The molecule has 1 aliphatic heterocycles. The lowest BCUT2D eigenvalue weighted by atomic mass is 9.85. The molecule has 1 amide bonds. The van der Waals surface area contributed by atoms with E-state index in [0.717, 1.165) is 28.1 Å². The summed E-state index contributed by atoms with van der Waals surface area (Å²) in [5.41, 5.74) is 5.98. The van der Waals surface area contributed by atoms with E-state index >= 15 is 0 Å². The van der Waals surface area contributed by atoms with E-state index in [1.165, 1.54) is 5.56 Å². The zero-order valence-electron chi connectivity index (χ0n) is 12.2. The maximum Gasteiger partial charge on any atom is 0.234 e. The van der Waals surface area contributed by atoms with E-state index in [-0.39, 0.29) is 5.91 Å². The third-order valence-electron chi connectivity index (χ3n) is 4.15. The van der Waals surface area contributed by atoms with Crippen LogP contribution in [0.3, 0.4) is 0 Å². The van der Waals surface area contributed by atoms with Gasteiger partial charge in [0.1, 0.15) is 0 Å². The molecule has 1 N–H and O–H groups in total. The SMILES string of the molecule is Cc1ccnc(C)c1-c1ccc2c(c1)NC(=O)C2(C)C. The van der Waals surface area contributed by atoms with Gasteiger partial charge in [0.25, 0.3) is 0 Å². The molecule has 0 radical (unpaired) electrons. The molecule has 0 saturated carbocycles. The maximum atomic E-state index is 12.0. The van der Waals surface area contributed by atoms with Gasteiger partial charge in [-0.2, -0.15) is 0 Å². The molecule has 0 fully saturated rings. The number of nitrogens with zero attached hydrogens (tertiary/aromatic N) is 1. The van der Waals surface area contributed by atoms with E-state index in [4.69, 9.17) is 0 Å². The summed E-state index contributed by atoms with van der Waals surface area (Å²) in [5, 5.41) is 2.98. The van der Waals surface area contributed by atoms with Crippen LogP contribution in [0.25, 0.3) is 11.1 Å². The zero-order valence-corrected chi connectivity index (χ0v) is 12.2. The Morgan fingerprint density at radius 3 is 2.60 bits per heavy atom. The number of pyridine rings is 1. The predicted octanol–water partition coefficient (Wildman–Crippen LogP) is 3.60. The highest BCUT2D eigenvalue weighted by Gasteiger charge is 2.38. The molecule has 1 aromatic heterocycles. The van der Waals surface area contributed by atoms with Gasteiger partial charge in [-0.25, -0.2) is 0 Å². The number of nitrogens with one attached hydrogen (secondary N) is 1. The van der Waals surface area contributed by atoms with Crippen LogP contribution in [0, 0.1) is 13.8 Å². The number of carbonyl (C=O) groups is 1. The van der Waals surface area contributed by atoms with Gasteiger partial charge in [0.05, 0.1) is 5.41 Å². The second-order valence-corrected chi connectivity index (χ2v) is 5.93. The number of carbonyl (C=O) groups excluding carboxylic acids is 1. The monoisotopic (exact) mass is 266 g/mol. The van der Waals surface area contributed by atoms with Crippen molar-refractivity contribution in [2.75, 3.05) is 5.32 Å². The number of amides is 1. The molecule has 0 spiro atoms. The average Bonchev–Trinajstić information content (AvgIpc) is 2.60. The number of anilines is 1. The highest BCUT2D eigenvalue weighted by Crippen LogP contribution is 2.40. The minimum Gasteiger partial charge on any atom is -0.325 e. The summed E-state index contributed by atoms with van der Waals surface area (Å²) in [6, 6.07) is 8.20. The van der Waals surface area contributed by atoms with Crippen molar-refractivity contribution in [2.24, 2.45) is 0 Å². The summed E-state index contributed by atoms with van der Waals surface area (Å²) < 4.78 is 0. The first kappa shape index (κ1) is 12.9. The molecule has 0 saturated heterocycles. The number of rotatable bonds is 1. The van der Waals surface area contributed by atoms with Gasteiger partial charge in [-0.05, 0) is 56.5 Å². The van der Waals surface area contributed by atoms with Gasteiger partial charge in [0, 0.05) is 23.1 Å². The van der Waals surface area contributed by atoms with E-state index in [0.29, 0.717) is 0 Å². The zero-order chi connectivity index (χ0) is 14.5. The summed E-state index contributed by atoms with van der Waals surface area (Å²) >= 11 is 0. The van der Waals surface area contributed by atoms with Gasteiger partial charge in [-0.1, -0.05) is 12.1 Å². The van der Waals surface area contributed by atoms with E-state index in [2.05, 4.69) is 35.4 Å². The molecule has 0 aliphatic carbocycles. The normalized spacial score (nSPS) is 15.9. The number of benzene rings is 1. The van der Waals surface area contributed by atoms with E-state index in [1.54, 1.807) is 0 Å². The third-order valence-corrected chi connectivity index (χ3v) is 4.15. The number of aryl methyl sites for hydroxylation is 2. The lowest BCUT2D eigenvalue weighted by molar-refractivity contribution is -0.119. The second kappa shape index (κ2) is 4.17. The molecule has 1 aliphatic rings. The fourth-order valence-corrected chi connectivity index (χ4v) is 2.88. The van der Waals surface area contributed by atoms with Crippen LogP contribution in [0.1, 0.15) is 30.7 Å². The van der Waals surface area contributed by atoms with Crippen LogP contribution in [0.2, 0.25) is 0 Å². The first-order chi connectivity index (χ1) is 9.41. The molecule has 2 heterocycles. The minimum atomic E-state index is -0.451. The quantitative estimate of drug-likeness (QED) is 0.857. The molecule has 0 atom stereocenters. The largest absolute Gasteiger partial charge is 0.325 e. The van der Waals surface area contributed by atoms with Crippen LogP contribution in [0.5, 0.6) is 0 Å². The first-order valence-corrected chi connectivity index (χ1v) is 6.80. The minimum absolute atomic E-state index is 0.0595. The van der Waals surface area contributed by atoms with Crippen molar-refractivity contribution in [3.8, 4) is 11.1 Å². The van der Waals surface area contributed by atoms with Crippen molar-refractivity contribution in [1.29, 1.82) is 0 Å². The Bertz CT molecular complexity index is 697. The summed E-state index contributed by atoms with van der Waals surface area (Å²) in [7, 11) is 0. The van der Waals surface area contributed by atoms with Crippen LogP contribution in [-0.4, -0.2) is 10.9 Å². The van der Waals surface area contributed by atoms with Gasteiger partial charge in [0.2, 0.25) is 5.91 Å². The van der Waals surface area contributed by atoms with Gasteiger partial charge >= 0.3 is 0 Å². The Morgan fingerprint density at radius 2 is 1.90 bits per heavy atom. The first-order valence-electron chi connectivity index (χ1n) is 6.80. The topological polar surface area (TPSA) is 42.0 Å². The molecule has 102 valence electrons. The maximum absolute atomic E-state index is 12.0. The second-order valence-electron chi connectivity index (χ2n) is 5.93. The number of hydrogen-bond donors (Lipinski definition) is 1. The summed E-state index contributed by atoms with van der Waals surface area (Å²) in [6.45, 7) is 8.00. The molecule has 20 heavy (non-hydrogen) atoms. The van der Waals surface area contributed by atoms with Crippen molar-refractivity contribution in [1.82, 2.24) is 4.98 Å². The smallest absolute Gasteiger partial charge is 0.234 e. The van der Waals surface area contributed by atoms with Crippen molar-refractivity contribution in [2.45, 2.75) is 33.1 Å². The molecule has 3 rings (SSSR count). The highest BCUT2D eigenvalue weighted by molar-refractivity contribution is 6.06. The van der Waals surface area contributed by atoms with E-state index < -0.39 is 5.41 Å². The lowest BCUT2D eigenvalue weighted by Crippen LogP contribution is -2.26. The molecule has 0 unspecified atom stereocenters. The van der Waals surface area contributed by atoms with Crippen LogP contribution in [-0.2, 0) is 10.2 Å². The Hall–Kier alpha value is -2.16.